The first kappa shape index (κ1) is 13.8. The summed E-state index contributed by atoms with van der Waals surface area (Å²) in [7, 11) is 0. The molecule has 0 spiro atoms. The van der Waals surface area contributed by atoms with Gasteiger partial charge < -0.3 is 4.74 Å². The molecule has 0 aromatic heterocycles. The summed E-state index contributed by atoms with van der Waals surface area (Å²) < 4.78 is 5.30. The van der Waals surface area contributed by atoms with Crippen molar-refractivity contribution in [1.82, 2.24) is 0 Å². The molecule has 0 amide bonds. The number of carbonyl (C=O) groups excluding carboxylic acids is 1. The fraction of sp³-hybridized carbons (Fsp3) is 0.533. The van der Waals surface area contributed by atoms with Gasteiger partial charge in [-0.05, 0) is 11.0 Å². The zero-order chi connectivity index (χ0) is 12.9. The number of hydrogen-bond acceptors (Lipinski definition) is 2. The summed E-state index contributed by atoms with van der Waals surface area (Å²) in [6.45, 7) is 8.64. The van der Waals surface area contributed by atoms with Crippen LogP contribution in [0, 0.1) is 5.41 Å². The van der Waals surface area contributed by atoms with Gasteiger partial charge in [-0.2, -0.15) is 0 Å². The maximum Gasteiger partial charge on any atom is 0.306 e. The van der Waals surface area contributed by atoms with E-state index in [4.69, 9.17) is 4.74 Å². The molecule has 1 rings (SSSR count). The monoisotopic (exact) mass is 234 g/mol. The third kappa shape index (κ3) is 5.53. The maximum atomic E-state index is 11.6. The molecule has 1 unspecified atom stereocenters. The summed E-state index contributed by atoms with van der Waals surface area (Å²) in [5.41, 5.74) is 1.20. The fourth-order valence-electron chi connectivity index (χ4n) is 1.58. The maximum absolute atomic E-state index is 11.6. The highest BCUT2D eigenvalue weighted by molar-refractivity contribution is 5.70. The Balaban J connectivity index is 2.39. The highest BCUT2D eigenvalue weighted by Gasteiger charge is 2.17. The van der Waals surface area contributed by atoms with E-state index in [2.05, 4.69) is 19.1 Å². The summed E-state index contributed by atoms with van der Waals surface area (Å²) in [4.78, 5) is 11.6. The van der Waals surface area contributed by atoms with Crippen molar-refractivity contribution in [2.24, 2.45) is 5.41 Å². The van der Waals surface area contributed by atoms with Gasteiger partial charge >= 0.3 is 5.97 Å². The van der Waals surface area contributed by atoms with Crippen molar-refractivity contribution in [3.05, 3.63) is 35.9 Å². The van der Waals surface area contributed by atoms with Crippen LogP contribution in [0.1, 0.15) is 45.6 Å². The third-order valence-corrected chi connectivity index (χ3v) is 2.54. The van der Waals surface area contributed by atoms with Crippen LogP contribution in [0.15, 0.2) is 30.3 Å². The van der Waals surface area contributed by atoms with Crippen LogP contribution in [0.25, 0.3) is 0 Å². The van der Waals surface area contributed by atoms with Crippen LogP contribution < -0.4 is 0 Å². The van der Waals surface area contributed by atoms with E-state index in [1.807, 2.05) is 39.0 Å². The molecule has 0 bridgehead atoms. The van der Waals surface area contributed by atoms with Crippen LogP contribution in [-0.2, 0) is 9.53 Å². The molecule has 0 aliphatic carbocycles. The zero-order valence-corrected chi connectivity index (χ0v) is 11.2. The van der Waals surface area contributed by atoms with E-state index in [1.165, 1.54) is 5.56 Å². The van der Waals surface area contributed by atoms with Gasteiger partial charge in [0.1, 0.15) is 0 Å². The van der Waals surface area contributed by atoms with Crippen LogP contribution in [0.4, 0.5) is 0 Å². The summed E-state index contributed by atoms with van der Waals surface area (Å²) in [6.07, 6.45) is 0.467. The minimum absolute atomic E-state index is 0.00688. The predicted octanol–water partition coefficient (Wildman–Crippen LogP) is 3.77. The van der Waals surface area contributed by atoms with Crippen molar-refractivity contribution in [3.8, 4) is 0 Å². The van der Waals surface area contributed by atoms with Gasteiger partial charge in [0.25, 0.3) is 0 Å². The van der Waals surface area contributed by atoms with Crippen LogP contribution in [0.5, 0.6) is 0 Å². The normalized spacial score (nSPS) is 13.2. The van der Waals surface area contributed by atoms with Crippen LogP contribution >= 0.6 is 0 Å². The summed E-state index contributed by atoms with van der Waals surface area (Å²) >= 11 is 0. The molecule has 94 valence electrons. The second kappa shape index (κ2) is 5.85. The van der Waals surface area contributed by atoms with E-state index >= 15 is 0 Å². The molecular formula is C15H22O2. The summed E-state index contributed by atoms with van der Waals surface area (Å²) in [5.74, 6) is 0.139. The van der Waals surface area contributed by atoms with Gasteiger partial charge in [-0.15, -0.1) is 0 Å². The highest BCUT2D eigenvalue weighted by Crippen LogP contribution is 2.20. The molecule has 0 N–H and O–H groups in total. The Morgan fingerprint density at radius 2 is 1.82 bits per heavy atom. The molecule has 0 heterocycles. The molecule has 17 heavy (non-hydrogen) atoms. The van der Waals surface area contributed by atoms with E-state index in [-0.39, 0.29) is 17.3 Å². The lowest BCUT2D eigenvalue weighted by Gasteiger charge is -2.18. The second-order valence-corrected chi connectivity index (χ2v) is 5.73. The van der Waals surface area contributed by atoms with Crippen molar-refractivity contribution in [2.45, 2.75) is 40.0 Å². The van der Waals surface area contributed by atoms with Crippen molar-refractivity contribution in [2.75, 3.05) is 6.61 Å². The quantitative estimate of drug-likeness (QED) is 0.741. The number of esters is 1. The van der Waals surface area contributed by atoms with Gasteiger partial charge in [0.15, 0.2) is 0 Å². The Bertz CT molecular complexity index is 349. The van der Waals surface area contributed by atoms with Crippen LogP contribution in [0.2, 0.25) is 0 Å². The standard InChI is InChI=1S/C15H22O2/c1-12(13-8-6-5-7-9-13)11-17-14(16)10-15(2,3)4/h5-9,12H,10-11H2,1-4H3. The number of hydrogen-bond donors (Lipinski definition) is 0. The minimum atomic E-state index is -0.111. The van der Waals surface area contributed by atoms with E-state index in [0.717, 1.165) is 0 Å². The lowest BCUT2D eigenvalue weighted by Crippen LogP contribution is -2.17. The van der Waals surface area contributed by atoms with Crippen molar-refractivity contribution < 1.29 is 9.53 Å². The molecule has 0 fully saturated rings. The molecular weight excluding hydrogens is 212 g/mol. The number of carbonyl (C=O) groups is 1. The molecule has 0 saturated heterocycles. The largest absolute Gasteiger partial charge is 0.465 e. The van der Waals surface area contributed by atoms with Gasteiger partial charge in [0.2, 0.25) is 0 Å². The van der Waals surface area contributed by atoms with Crippen molar-refractivity contribution in [1.29, 1.82) is 0 Å². The third-order valence-electron chi connectivity index (χ3n) is 2.54. The predicted molar refractivity (Wildman–Crippen MR) is 69.9 cm³/mol. The summed E-state index contributed by atoms with van der Waals surface area (Å²) in [6, 6.07) is 10.1. The van der Waals surface area contributed by atoms with Crippen LogP contribution in [0.3, 0.4) is 0 Å². The average Bonchev–Trinajstić information content (AvgIpc) is 2.25. The minimum Gasteiger partial charge on any atom is -0.465 e. The average molecular weight is 234 g/mol. The molecule has 2 nitrogen and oxygen atoms in total. The highest BCUT2D eigenvalue weighted by atomic mass is 16.5. The lowest BCUT2D eigenvalue weighted by molar-refractivity contribution is -0.146. The molecule has 0 saturated carbocycles. The van der Waals surface area contributed by atoms with E-state index < -0.39 is 0 Å². The smallest absolute Gasteiger partial charge is 0.306 e. The Kier molecular flexibility index (Phi) is 4.73. The first-order valence-corrected chi connectivity index (χ1v) is 6.09. The van der Waals surface area contributed by atoms with E-state index in [9.17, 15) is 4.79 Å². The Morgan fingerprint density at radius 3 is 2.35 bits per heavy atom. The van der Waals surface area contributed by atoms with Gasteiger partial charge in [-0.3, -0.25) is 4.79 Å². The Labute approximate surface area is 104 Å². The van der Waals surface area contributed by atoms with Crippen molar-refractivity contribution >= 4 is 5.97 Å². The molecule has 0 aliphatic rings. The van der Waals surface area contributed by atoms with E-state index in [1.54, 1.807) is 0 Å². The molecule has 1 atom stereocenters. The number of rotatable bonds is 4. The first-order chi connectivity index (χ1) is 7.88. The van der Waals surface area contributed by atoms with Crippen LogP contribution in [-0.4, -0.2) is 12.6 Å². The number of ether oxygens (including phenoxy) is 1. The number of benzene rings is 1. The zero-order valence-electron chi connectivity index (χ0n) is 11.2. The Morgan fingerprint density at radius 1 is 1.24 bits per heavy atom. The van der Waals surface area contributed by atoms with Gasteiger partial charge in [-0.25, -0.2) is 0 Å². The van der Waals surface area contributed by atoms with E-state index in [0.29, 0.717) is 13.0 Å². The SMILES string of the molecule is CC(COC(=O)CC(C)(C)C)c1ccccc1. The molecule has 2 heteroatoms. The summed E-state index contributed by atoms with van der Waals surface area (Å²) in [5, 5.41) is 0. The molecule has 1 aromatic carbocycles. The van der Waals surface area contributed by atoms with Gasteiger partial charge in [0, 0.05) is 5.92 Å². The van der Waals surface area contributed by atoms with Crippen molar-refractivity contribution in [3.63, 3.8) is 0 Å². The lowest BCUT2D eigenvalue weighted by atomic mass is 9.92. The molecule has 1 aromatic rings. The second-order valence-electron chi connectivity index (χ2n) is 5.73. The van der Waals surface area contributed by atoms with Gasteiger partial charge in [-0.1, -0.05) is 58.0 Å². The molecule has 0 aliphatic heterocycles. The molecule has 0 radical (unpaired) electrons. The van der Waals surface area contributed by atoms with Gasteiger partial charge in [0.05, 0.1) is 13.0 Å². The first-order valence-electron chi connectivity index (χ1n) is 6.09. The Hall–Kier alpha value is -1.31. The topological polar surface area (TPSA) is 26.3 Å². The fourth-order valence-corrected chi connectivity index (χ4v) is 1.58.